The molecule has 2 aliphatic rings. The van der Waals surface area contributed by atoms with E-state index in [1.807, 2.05) is 12.1 Å². The van der Waals surface area contributed by atoms with Crippen molar-refractivity contribution in [3.8, 4) is 0 Å². The predicted molar refractivity (Wildman–Crippen MR) is 158 cm³/mol. The van der Waals surface area contributed by atoms with Gasteiger partial charge in [0.05, 0.1) is 19.3 Å². The first-order valence-corrected chi connectivity index (χ1v) is 18.3. The van der Waals surface area contributed by atoms with Crippen LogP contribution in [0.1, 0.15) is 93.6 Å². The van der Waals surface area contributed by atoms with Gasteiger partial charge in [-0.25, -0.2) is 4.79 Å². The number of alkyl halides is 1. The molecule has 1 heterocycles. The van der Waals surface area contributed by atoms with Gasteiger partial charge in [0.15, 0.2) is 8.32 Å². The molecule has 1 unspecified atom stereocenters. The molecule has 2 aliphatic carbocycles. The van der Waals surface area contributed by atoms with Gasteiger partial charge in [-0.1, -0.05) is 46.3 Å². The SMILES string of the molecule is CCC1(C(CC=C[C@@H]2[C@@H](CCCc3ccc(C(=O)OC)s3)[C@H](Cl)C[C@H]2O)O[Si](C)(C)C(C)(C)C)CCC1. The van der Waals surface area contributed by atoms with Crippen LogP contribution in [0.2, 0.25) is 18.1 Å². The molecule has 0 bridgehead atoms. The maximum absolute atomic E-state index is 11.7. The molecule has 0 amide bonds. The molecular weight excluding hydrogens is 520 g/mol. The van der Waals surface area contributed by atoms with E-state index >= 15 is 0 Å². The Balaban J connectivity index is 1.64. The van der Waals surface area contributed by atoms with Crippen LogP contribution in [0.4, 0.5) is 0 Å². The lowest BCUT2D eigenvalue weighted by Gasteiger charge is -2.51. The van der Waals surface area contributed by atoms with Crippen LogP contribution >= 0.6 is 22.9 Å². The summed E-state index contributed by atoms with van der Waals surface area (Å²) in [6, 6.07) is 3.86. The minimum Gasteiger partial charge on any atom is -0.465 e. The number of ether oxygens (including phenoxy) is 1. The first-order chi connectivity index (χ1) is 17.3. The third-order valence-corrected chi connectivity index (χ3v) is 15.7. The fourth-order valence-electron chi connectivity index (χ4n) is 5.82. The number of aryl methyl sites for hydroxylation is 1. The Morgan fingerprint density at radius 2 is 2.03 bits per heavy atom. The van der Waals surface area contributed by atoms with Crippen LogP contribution < -0.4 is 0 Å². The van der Waals surface area contributed by atoms with E-state index in [0.29, 0.717) is 16.7 Å². The van der Waals surface area contributed by atoms with Gasteiger partial charge in [-0.2, -0.15) is 0 Å². The van der Waals surface area contributed by atoms with Gasteiger partial charge in [-0.05, 0) is 93.0 Å². The van der Waals surface area contributed by atoms with Crippen molar-refractivity contribution in [3.05, 3.63) is 34.0 Å². The van der Waals surface area contributed by atoms with Gasteiger partial charge in [0.1, 0.15) is 4.88 Å². The minimum absolute atomic E-state index is 0.00786. The van der Waals surface area contributed by atoms with Gasteiger partial charge in [-0.15, -0.1) is 22.9 Å². The second-order valence-electron chi connectivity index (χ2n) is 12.8. The van der Waals surface area contributed by atoms with Crippen LogP contribution in [0.3, 0.4) is 0 Å². The summed E-state index contributed by atoms with van der Waals surface area (Å²) in [6.07, 6.45) is 13.8. The van der Waals surface area contributed by atoms with Crippen LogP contribution in [0.25, 0.3) is 0 Å². The largest absolute Gasteiger partial charge is 0.465 e. The lowest BCUT2D eigenvalue weighted by Crippen LogP contribution is -2.51. The number of esters is 1. The standard InChI is InChI=1S/C30H49ClO4SSi/c1-8-30(18-11-19-30)27(35-37(6,7)29(2,3)4)15-10-14-23-22(24(31)20-25(23)32)13-9-12-21-16-17-26(36-21)28(33)34-5/h10,14,16-17,22-25,27,32H,8-9,11-13,15,18-20H2,1-7H3/t22-,23-,24-,25-,27?/m1/s1. The molecule has 2 fully saturated rings. The molecule has 0 spiro atoms. The van der Waals surface area contributed by atoms with Crippen molar-refractivity contribution in [2.45, 2.75) is 121 Å². The van der Waals surface area contributed by atoms with Crippen LogP contribution in [0.15, 0.2) is 24.3 Å². The average molecular weight is 569 g/mol. The highest BCUT2D eigenvalue weighted by molar-refractivity contribution is 7.13. The summed E-state index contributed by atoms with van der Waals surface area (Å²) in [7, 11) is -0.472. The van der Waals surface area contributed by atoms with Crippen molar-refractivity contribution in [2.24, 2.45) is 17.3 Å². The number of hydrogen-bond acceptors (Lipinski definition) is 5. The van der Waals surface area contributed by atoms with E-state index in [0.717, 1.165) is 25.7 Å². The van der Waals surface area contributed by atoms with Gasteiger partial charge >= 0.3 is 5.97 Å². The third kappa shape index (κ3) is 7.30. The zero-order chi connectivity index (χ0) is 27.4. The second-order valence-corrected chi connectivity index (χ2v) is 19.3. The number of carbonyl (C=O) groups excluding carboxylic acids is 1. The minimum atomic E-state index is -1.89. The van der Waals surface area contributed by atoms with Crippen molar-refractivity contribution in [1.29, 1.82) is 0 Å². The number of aliphatic hydroxyl groups is 1. The molecule has 3 rings (SSSR count). The summed E-state index contributed by atoms with van der Waals surface area (Å²) < 4.78 is 11.9. The second kappa shape index (κ2) is 12.7. The normalized spacial score (nSPS) is 26.8. The summed E-state index contributed by atoms with van der Waals surface area (Å²) in [6.45, 7) is 14.0. The monoisotopic (exact) mass is 568 g/mol. The van der Waals surface area contributed by atoms with E-state index in [9.17, 15) is 9.90 Å². The van der Waals surface area contributed by atoms with Crippen molar-refractivity contribution in [3.63, 3.8) is 0 Å². The van der Waals surface area contributed by atoms with E-state index in [1.165, 1.54) is 49.0 Å². The molecule has 5 atom stereocenters. The molecule has 2 saturated carbocycles. The van der Waals surface area contributed by atoms with Gasteiger partial charge in [0.2, 0.25) is 0 Å². The number of aliphatic hydroxyl groups excluding tert-OH is 1. The fourth-order valence-corrected chi connectivity index (χ4v) is 8.67. The molecule has 4 nitrogen and oxygen atoms in total. The van der Waals surface area contributed by atoms with Crippen LogP contribution in [0, 0.1) is 17.3 Å². The molecule has 1 aromatic rings. The highest BCUT2D eigenvalue weighted by Crippen LogP contribution is 2.51. The first-order valence-electron chi connectivity index (χ1n) is 14.2. The maximum Gasteiger partial charge on any atom is 0.348 e. The van der Waals surface area contributed by atoms with Gasteiger partial charge in [0, 0.05) is 16.2 Å². The van der Waals surface area contributed by atoms with Gasteiger partial charge in [0.25, 0.3) is 0 Å². The maximum atomic E-state index is 11.7. The number of halogens is 1. The Kier molecular flexibility index (Phi) is 10.6. The third-order valence-electron chi connectivity index (χ3n) is 9.57. The Labute approximate surface area is 235 Å². The zero-order valence-corrected chi connectivity index (χ0v) is 26.6. The molecule has 0 aliphatic heterocycles. The lowest BCUT2D eigenvalue weighted by atomic mass is 9.63. The summed E-state index contributed by atoms with van der Waals surface area (Å²) in [5, 5.41) is 11.0. The van der Waals surface area contributed by atoms with E-state index in [-0.39, 0.29) is 40.4 Å². The predicted octanol–water partition coefficient (Wildman–Crippen LogP) is 8.38. The topological polar surface area (TPSA) is 55.8 Å². The van der Waals surface area contributed by atoms with Crippen molar-refractivity contribution in [2.75, 3.05) is 7.11 Å². The summed E-state index contributed by atoms with van der Waals surface area (Å²) in [4.78, 5) is 13.6. The molecule has 7 heteroatoms. The molecule has 0 aromatic carbocycles. The number of methoxy groups -OCH3 is 1. The summed E-state index contributed by atoms with van der Waals surface area (Å²) in [5.41, 5.74) is 0.298. The fraction of sp³-hybridized carbons (Fsp3) is 0.767. The van der Waals surface area contributed by atoms with Crippen LogP contribution in [-0.2, 0) is 15.6 Å². The first kappa shape index (κ1) is 30.9. The molecular formula is C30H49ClO4SSi. The molecule has 0 saturated heterocycles. The quantitative estimate of drug-likeness (QED) is 0.119. The molecule has 1 aromatic heterocycles. The Bertz CT molecular complexity index is 911. The Morgan fingerprint density at radius 3 is 2.59 bits per heavy atom. The highest BCUT2D eigenvalue weighted by atomic mass is 35.5. The van der Waals surface area contributed by atoms with Crippen molar-refractivity contribution < 1.29 is 19.1 Å². The molecule has 37 heavy (non-hydrogen) atoms. The van der Waals surface area contributed by atoms with E-state index in [2.05, 4.69) is 52.9 Å². The van der Waals surface area contributed by atoms with Gasteiger partial charge in [-0.3, -0.25) is 0 Å². The van der Waals surface area contributed by atoms with Gasteiger partial charge < -0.3 is 14.3 Å². The molecule has 0 radical (unpaired) electrons. The number of hydrogen-bond donors (Lipinski definition) is 1. The Hall–Kier alpha value is -0.663. The zero-order valence-electron chi connectivity index (χ0n) is 24.0. The average Bonchev–Trinajstić information content (AvgIpc) is 3.36. The van der Waals surface area contributed by atoms with Crippen molar-refractivity contribution in [1.82, 2.24) is 0 Å². The molecule has 1 N–H and O–H groups in total. The summed E-state index contributed by atoms with van der Waals surface area (Å²) >= 11 is 8.25. The number of thiophene rings is 1. The van der Waals surface area contributed by atoms with Crippen LogP contribution in [-0.4, -0.2) is 44.1 Å². The van der Waals surface area contributed by atoms with E-state index < -0.39 is 8.32 Å². The smallest absolute Gasteiger partial charge is 0.348 e. The van der Waals surface area contributed by atoms with Crippen LogP contribution in [0.5, 0.6) is 0 Å². The van der Waals surface area contributed by atoms with E-state index in [1.54, 1.807) is 0 Å². The lowest BCUT2D eigenvalue weighted by molar-refractivity contribution is -0.0273. The van der Waals surface area contributed by atoms with E-state index in [4.69, 9.17) is 20.8 Å². The van der Waals surface area contributed by atoms with Crippen molar-refractivity contribution >= 4 is 37.2 Å². The Morgan fingerprint density at radius 1 is 1.32 bits per heavy atom. The number of carbonyl (C=O) groups is 1. The summed E-state index contributed by atoms with van der Waals surface area (Å²) in [5.74, 6) is 0.0734. The number of rotatable bonds is 12. The molecule has 210 valence electrons. The highest BCUT2D eigenvalue weighted by Gasteiger charge is 2.48.